The highest BCUT2D eigenvalue weighted by molar-refractivity contribution is 5.99. The predicted octanol–water partition coefficient (Wildman–Crippen LogP) is 1.02. The first kappa shape index (κ1) is 14.7. The van der Waals surface area contributed by atoms with Crippen LogP contribution in [0.15, 0.2) is 18.2 Å². The summed E-state index contributed by atoms with van der Waals surface area (Å²) in [5, 5.41) is 8.70. The summed E-state index contributed by atoms with van der Waals surface area (Å²) < 4.78 is 18.8. The second-order valence-electron chi connectivity index (χ2n) is 4.79. The average Bonchev–Trinajstić information content (AvgIpc) is 2.48. The number of carbonyl (C=O) groups excluding carboxylic acids is 1. The minimum absolute atomic E-state index is 0.00102. The number of carbonyl (C=O) groups is 1. The molecule has 1 amide bonds. The number of likely N-dealkylation sites (tertiary alicyclic amines) is 1. The molecule has 0 radical (unpaired) electrons. The molecule has 2 rings (SSSR count). The molecule has 0 atom stereocenters. The zero-order valence-corrected chi connectivity index (χ0v) is 11.2. The third-order valence-electron chi connectivity index (χ3n) is 3.46. The Balaban J connectivity index is 1.96. The van der Waals surface area contributed by atoms with Crippen molar-refractivity contribution in [2.75, 3.05) is 32.0 Å². The number of nitrogens with zero attached hydrogens (tertiary/aromatic N) is 1. The number of anilines is 1. The van der Waals surface area contributed by atoms with Crippen molar-refractivity contribution in [3.63, 3.8) is 0 Å². The maximum Gasteiger partial charge on any atom is 0.256 e. The van der Waals surface area contributed by atoms with Gasteiger partial charge in [-0.1, -0.05) is 6.07 Å². The van der Waals surface area contributed by atoms with Gasteiger partial charge >= 0.3 is 0 Å². The lowest BCUT2D eigenvalue weighted by Gasteiger charge is -2.32. The van der Waals surface area contributed by atoms with Gasteiger partial charge in [0.05, 0.1) is 30.6 Å². The monoisotopic (exact) mass is 282 g/mol. The number of rotatable bonds is 4. The van der Waals surface area contributed by atoms with E-state index in [0.29, 0.717) is 32.5 Å². The summed E-state index contributed by atoms with van der Waals surface area (Å²) in [7, 11) is 0. The second-order valence-corrected chi connectivity index (χ2v) is 4.79. The first-order chi connectivity index (χ1) is 9.63. The Labute approximate surface area is 117 Å². The number of para-hydroxylation sites is 1. The van der Waals surface area contributed by atoms with E-state index in [9.17, 15) is 9.18 Å². The highest BCUT2D eigenvalue weighted by atomic mass is 19.1. The Kier molecular flexibility index (Phi) is 4.92. The van der Waals surface area contributed by atoms with Gasteiger partial charge in [0.1, 0.15) is 5.82 Å². The minimum Gasteiger partial charge on any atom is -0.396 e. The molecule has 1 aromatic carbocycles. The molecular formula is C14H19FN2O3. The van der Waals surface area contributed by atoms with Gasteiger partial charge in [-0.25, -0.2) is 4.39 Å². The first-order valence-corrected chi connectivity index (χ1v) is 6.69. The third kappa shape index (κ3) is 3.26. The van der Waals surface area contributed by atoms with Crippen molar-refractivity contribution in [2.24, 2.45) is 0 Å². The van der Waals surface area contributed by atoms with Gasteiger partial charge in [-0.2, -0.15) is 0 Å². The molecule has 1 aliphatic rings. The van der Waals surface area contributed by atoms with Crippen LogP contribution < -0.4 is 5.73 Å². The van der Waals surface area contributed by atoms with E-state index in [0.717, 1.165) is 0 Å². The van der Waals surface area contributed by atoms with Crippen LogP contribution in [0, 0.1) is 5.82 Å². The Morgan fingerprint density at radius 3 is 2.80 bits per heavy atom. The molecule has 6 heteroatoms. The molecule has 0 aliphatic carbocycles. The van der Waals surface area contributed by atoms with E-state index >= 15 is 0 Å². The number of aliphatic hydroxyl groups is 1. The van der Waals surface area contributed by atoms with Crippen molar-refractivity contribution >= 4 is 11.6 Å². The molecule has 20 heavy (non-hydrogen) atoms. The molecule has 1 aliphatic heterocycles. The lowest BCUT2D eigenvalue weighted by Crippen LogP contribution is -2.41. The number of aliphatic hydroxyl groups excluding tert-OH is 1. The quantitative estimate of drug-likeness (QED) is 0.809. The largest absolute Gasteiger partial charge is 0.396 e. The molecule has 1 saturated heterocycles. The van der Waals surface area contributed by atoms with E-state index in [1.54, 1.807) is 4.90 Å². The number of benzene rings is 1. The maximum atomic E-state index is 13.4. The molecule has 1 aromatic rings. The van der Waals surface area contributed by atoms with Gasteiger partial charge < -0.3 is 20.5 Å². The van der Waals surface area contributed by atoms with Crippen LogP contribution in [0.25, 0.3) is 0 Å². The van der Waals surface area contributed by atoms with Crippen molar-refractivity contribution in [2.45, 2.75) is 18.9 Å². The van der Waals surface area contributed by atoms with E-state index in [-0.39, 0.29) is 29.9 Å². The fourth-order valence-electron chi connectivity index (χ4n) is 2.34. The number of nitrogen functional groups attached to an aromatic ring is 1. The Morgan fingerprint density at radius 2 is 2.15 bits per heavy atom. The molecule has 0 spiro atoms. The fraction of sp³-hybridized carbons (Fsp3) is 0.500. The SMILES string of the molecule is Nc1c(F)cccc1C(=O)N1CCC(OCCO)CC1. The molecule has 5 nitrogen and oxygen atoms in total. The molecule has 0 unspecified atom stereocenters. The van der Waals surface area contributed by atoms with Gasteiger partial charge in [0, 0.05) is 13.1 Å². The number of piperidine rings is 1. The standard InChI is InChI=1S/C14H19FN2O3/c15-12-3-1-2-11(13(12)16)14(19)17-6-4-10(5-7-17)20-9-8-18/h1-3,10,18H,4-9,16H2. The second kappa shape index (κ2) is 6.67. The van der Waals surface area contributed by atoms with Crippen LogP contribution in [-0.2, 0) is 4.74 Å². The van der Waals surface area contributed by atoms with E-state index in [1.807, 2.05) is 0 Å². The fourth-order valence-corrected chi connectivity index (χ4v) is 2.34. The molecule has 110 valence electrons. The van der Waals surface area contributed by atoms with Crippen LogP contribution in [0.2, 0.25) is 0 Å². The van der Waals surface area contributed by atoms with Gasteiger partial charge in [-0.3, -0.25) is 4.79 Å². The number of nitrogens with two attached hydrogens (primary N) is 1. The number of hydrogen-bond donors (Lipinski definition) is 2. The summed E-state index contributed by atoms with van der Waals surface area (Å²) in [5.41, 5.74) is 5.72. The first-order valence-electron chi connectivity index (χ1n) is 6.69. The van der Waals surface area contributed by atoms with Gasteiger partial charge in [0.15, 0.2) is 0 Å². The lowest BCUT2D eigenvalue weighted by molar-refractivity contribution is -0.00552. The Hall–Kier alpha value is -1.66. The zero-order chi connectivity index (χ0) is 14.5. The minimum atomic E-state index is -0.572. The van der Waals surface area contributed by atoms with Crippen LogP contribution >= 0.6 is 0 Å². The summed E-state index contributed by atoms with van der Waals surface area (Å²) in [6.45, 7) is 1.41. The maximum absolute atomic E-state index is 13.4. The molecule has 1 fully saturated rings. The molecule has 0 saturated carbocycles. The van der Waals surface area contributed by atoms with E-state index in [4.69, 9.17) is 15.6 Å². The van der Waals surface area contributed by atoms with Crippen molar-refractivity contribution in [1.82, 2.24) is 4.90 Å². The summed E-state index contributed by atoms with van der Waals surface area (Å²) in [4.78, 5) is 13.9. The van der Waals surface area contributed by atoms with Crippen LogP contribution in [-0.4, -0.2) is 48.3 Å². The summed E-state index contributed by atoms with van der Waals surface area (Å²) in [6.07, 6.45) is 1.48. The normalized spacial score (nSPS) is 16.4. The van der Waals surface area contributed by atoms with Gasteiger partial charge in [-0.05, 0) is 25.0 Å². The Bertz CT molecular complexity index is 473. The van der Waals surface area contributed by atoms with Crippen LogP contribution in [0.1, 0.15) is 23.2 Å². The van der Waals surface area contributed by atoms with E-state index in [1.165, 1.54) is 18.2 Å². The third-order valence-corrected chi connectivity index (χ3v) is 3.46. The smallest absolute Gasteiger partial charge is 0.256 e. The highest BCUT2D eigenvalue weighted by Gasteiger charge is 2.25. The number of hydrogen-bond acceptors (Lipinski definition) is 4. The van der Waals surface area contributed by atoms with Crippen LogP contribution in [0.5, 0.6) is 0 Å². The molecule has 0 bridgehead atoms. The van der Waals surface area contributed by atoms with Crippen molar-refractivity contribution in [3.8, 4) is 0 Å². The van der Waals surface area contributed by atoms with Crippen LogP contribution in [0.3, 0.4) is 0 Å². The Morgan fingerprint density at radius 1 is 1.45 bits per heavy atom. The van der Waals surface area contributed by atoms with Crippen molar-refractivity contribution < 1.29 is 19.0 Å². The van der Waals surface area contributed by atoms with Gasteiger partial charge in [-0.15, -0.1) is 0 Å². The van der Waals surface area contributed by atoms with Crippen LogP contribution in [0.4, 0.5) is 10.1 Å². The molecular weight excluding hydrogens is 263 g/mol. The molecule has 1 heterocycles. The average molecular weight is 282 g/mol. The van der Waals surface area contributed by atoms with Gasteiger partial charge in [0.25, 0.3) is 5.91 Å². The van der Waals surface area contributed by atoms with Crippen molar-refractivity contribution in [1.29, 1.82) is 0 Å². The zero-order valence-electron chi connectivity index (χ0n) is 11.2. The summed E-state index contributed by atoms with van der Waals surface area (Å²) in [5.74, 6) is -0.820. The topological polar surface area (TPSA) is 75.8 Å². The molecule has 0 aromatic heterocycles. The number of amides is 1. The molecule has 3 N–H and O–H groups in total. The van der Waals surface area contributed by atoms with Gasteiger partial charge in [0.2, 0.25) is 0 Å². The summed E-state index contributed by atoms with van der Waals surface area (Å²) in [6, 6.07) is 4.26. The predicted molar refractivity (Wildman–Crippen MR) is 72.8 cm³/mol. The number of halogens is 1. The number of ether oxygens (including phenoxy) is 1. The van der Waals surface area contributed by atoms with E-state index < -0.39 is 5.82 Å². The highest BCUT2D eigenvalue weighted by Crippen LogP contribution is 2.21. The van der Waals surface area contributed by atoms with Crippen molar-refractivity contribution in [3.05, 3.63) is 29.6 Å². The van der Waals surface area contributed by atoms with E-state index in [2.05, 4.69) is 0 Å². The lowest BCUT2D eigenvalue weighted by atomic mass is 10.1. The summed E-state index contributed by atoms with van der Waals surface area (Å²) >= 11 is 0.